The molecule has 0 aromatic heterocycles. The zero-order chi connectivity index (χ0) is 21.9. The summed E-state index contributed by atoms with van der Waals surface area (Å²) in [5.41, 5.74) is 0.166. The van der Waals surface area contributed by atoms with E-state index in [0.717, 1.165) is 5.56 Å². The third kappa shape index (κ3) is 4.81. The minimum absolute atomic E-state index is 0.00109. The van der Waals surface area contributed by atoms with Crippen molar-refractivity contribution in [3.05, 3.63) is 69.8 Å². The van der Waals surface area contributed by atoms with Crippen LogP contribution < -0.4 is 4.74 Å². The zero-order valence-electron chi connectivity index (χ0n) is 17.4. The van der Waals surface area contributed by atoms with E-state index in [4.69, 9.17) is 14.5 Å². The summed E-state index contributed by atoms with van der Waals surface area (Å²) in [7, 11) is 1.59. The number of benzene rings is 2. The summed E-state index contributed by atoms with van der Waals surface area (Å²) in [5, 5.41) is 12.0. The maximum atomic E-state index is 12.3. The molecule has 7 nitrogen and oxygen atoms in total. The van der Waals surface area contributed by atoms with E-state index in [1.54, 1.807) is 19.2 Å². The number of aliphatic imine (C=N–C) groups is 1. The lowest BCUT2D eigenvalue weighted by Crippen LogP contribution is -2.26. The number of non-ortho nitro benzene ring substituents is 1. The second-order valence-electron chi connectivity index (χ2n) is 7.95. The van der Waals surface area contributed by atoms with Gasteiger partial charge < -0.3 is 9.47 Å². The molecule has 0 bridgehead atoms. The lowest BCUT2D eigenvalue weighted by Gasteiger charge is -2.27. The predicted molar refractivity (Wildman–Crippen MR) is 117 cm³/mol. The first-order valence-corrected chi connectivity index (χ1v) is 10.4. The van der Waals surface area contributed by atoms with E-state index < -0.39 is 16.1 Å². The third-order valence-corrected chi connectivity index (χ3v) is 5.71. The van der Waals surface area contributed by atoms with Crippen LogP contribution in [-0.4, -0.2) is 34.4 Å². The Balaban J connectivity index is 2.03. The highest BCUT2D eigenvalue weighted by atomic mass is 32.2. The van der Waals surface area contributed by atoms with E-state index in [1.807, 2.05) is 51.1 Å². The van der Waals surface area contributed by atoms with Crippen LogP contribution in [0.4, 0.5) is 5.69 Å². The molecule has 0 fully saturated rings. The lowest BCUT2D eigenvalue weighted by molar-refractivity contribution is -0.384. The largest absolute Gasteiger partial charge is 0.497 e. The first kappa shape index (κ1) is 21.8. The van der Waals surface area contributed by atoms with Crippen molar-refractivity contribution in [2.45, 2.75) is 38.3 Å². The maximum absolute atomic E-state index is 12.3. The number of methoxy groups -OCH3 is 1. The van der Waals surface area contributed by atoms with Crippen LogP contribution in [0.2, 0.25) is 0 Å². The molecule has 0 saturated carbocycles. The second-order valence-corrected chi connectivity index (χ2v) is 9.00. The zero-order valence-corrected chi connectivity index (χ0v) is 18.2. The molecule has 1 aliphatic rings. The number of carbonyl (C=O) groups is 1. The number of hydrogen-bond donors (Lipinski definition) is 0. The monoisotopic (exact) mass is 428 g/mol. The van der Waals surface area contributed by atoms with Gasteiger partial charge in [-0.3, -0.25) is 19.9 Å². The molecule has 0 radical (unpaired) electrons. The molecule has 1 heterocycles. The van der Waals surface area contributed by atoms with Crippen molar-refractivity contribution in [2.24, 2.45) is 4.99 Å². The molecule has 3 rings (SSSR count). The van der Waals surface area contributed by atoms with Crippen molar-refractivity contribution in [3.63, 3.8) is 0 Å². The van der Waals surface area contributed by atoms with Gasteiger partial charge in [0.15, 0.2) is 0 Å². The first-order valence-electron chi connectivity index (χ1n) is 9.46. The third-order valence-electron chi connectivity index (χ3n) is 4.58. The van der Waals surface area contributed by atoms with E-state index in [-0.39, 0.29) is 18.1 Å². The molecule has 8 heteroatoms. The van der Waals surface area contributed by atoms with Crippen molar-refractivity contribution in [3.8, 4) is 5.75 Å². The minimum atomic E-state index is -0.833. The van der Waals surface area contributed by atoms with Crippen molar-refractivity contribution < 1.29 is 19.2 Å². The van der Waals surface area contributed by atoms with Gasteiger partial charge in [-0.05, 0) is 44.0 Å². The van der Waals surface area contributed by atoms with E-state index >= 15 is 0 Å². The fraction of sp³-hybridized carbons (Fsp3) is 0.364. The molecule has 0 aliphatic carbocycles. The normalized spacial score (nSPS) is 18.6. The van der Waals surface area contributed by atoms with Crippen LogP contribution in [0, 0.1) is 10.1 Å². The molecule has 30 heavy (non-hydrogen) atoms. The van der Waals surface area contributed by atoms with Gasteiger partial charge in [0, 0.05) is 17.9 Å². The highest BCUT2D eigenvalue weighted by Crippen LogP contribution is 2.44. The van der Waals surface area contributed by atoms with Crippen molar-refractivity contribution in [1.82, 2.24) is 0 Å². The number of esters is 1. The van der Waals surface area contributed by atoms with Crippen LogP contribution in [0.25, 0.3) is 0 Å². The summed E-state index contributed by atoms with van der Waals surface area (Å²) >= 11 is 1.47. The predicted octanol–water partition coefficient (Wildman–Crippen LogP) is 4.72. The molecule has 0 saturated heterocycles. The van der Waals surface area contributed by atoms with Crippen LogP contribution in [0.3, 0.4) is 0 Å². The smallest absolute Gasteiger partial charge is 0.312 e. The number of hydrogen-bond acceptors (Lipinski definition) is 7. The van der Waals surface area contributed by atoms with Crippen LogP contribution in [0.1, 0.15) is 38.3 Å². The average molecular weight is 429 g/mol. The van der Waals surface area contributed by atoms with Gasteiger partial charge in [0.05, 0.1) is 23.5 Å². The Morgan fingerprint density at radius 2 is 1.90 bits per heavy atom. The van der Waals surface area contributed by atoms with Gasteiger partial charge in [0.2, 0.25) is 0 Å². The molecule has 1 atom stereocenters. The molecule has 2 aromatic rings. The Morgan fingerprint density at radius 1 is 1.20 bits per heavy atom. The van der Waals surface area contributed by atoms with E-state index in [9.17, 15) is 14.9 Å². The summed E-state index contributed by atoms with van der Waals surface area (Å²) in [5.74, 6) is 0.883. The summed E-state index contributed by atoms with van der Waals surface area (Å²) in [4.78, 5) is 28.1. The van der Waals surface area contributed by atoms with Crippen LogP contribution in [0.15, 0.2) is 53.5 Å². The van der Waals surface area contributed by atoms with Gasteiger partial charge in [0.25, 0.3) is 5.69 Å². The van der Waals surface area contributed by atoms with Crippen LogP contribution >= 0.6 is 11.8 Å². The molecule has 1 unspecified atom stereocenters. The lowest BCUT2D eigenvalue weighted by atomic mass is 9.84. The fourth-order valence-corrected chi connectivity index (χ4v) is 4.48. The first-order chi connectivity index (χ1) is 14.1. The fourth-order valence-electron chi connectivity index (χ4n) is 3.26. The number of thioether (sulfide) groups is 1. The van der Waals surface area contributed by atoms with Crippen molar-refractivity contribution >= 4 is 28.5 Å². The van der Waals surface area contributed by atoms with Crippen LogP contribution in [-0.2, 0) is 15.1 Å². The summed E-state index contributed by atoms with van der Waals surface area (Å²) in [6.07, 6.45) is 0.0643. The highest BCUT2D eigenvalue weighted by molar-refractivity contribution is 8.14. The van der Waals surface area contributed by atoms with E-state index in [0.29, 0.717) is 22.1 Å². The molecule has 1 aliphatic heterocycles. The SMILES string of the molecule is COc1ccc(C2(c3cccc([N+](=O)[O-])c3)CSC(CC(=O)OC(C)(C)C)=N2)cc1. The molecular weight excluding hydrogens is 404 g/mol. The summed E-state index contributed by atoms with van der Waals surface area (Å²) in [6.45, 7) is 5.46. The Kier molecular flexibility index (Phi) is 6.17. The molecular formula is C22H24N2O5S. The van der Waals surface area contributed by atoms with Gasteiger partial charge in [-0.1, -0.05) is 24.3 Å². The molecule has 2 aromatic carbocycles. The maximum Gasteiger partial charge on any atom is 0.312 e. The topological polar surface area (TPSA) is 91.0 Å². The van der Waals surface area contributed by atoms with E-state index in [2.05, 4.69) is 0 Å². The van der Waals surface area contributed by atoms with Gasteiger partial charge >= 0.3 is 5.97 Å². The number of carbonyl (C=O) groups excluding carboxylic acids is 1. The number of nitro groups is 1. The van der Waals surface area contributed by atoms with Gasteiger partial charge in [-0.25, -0.2) is 0 Å². The second kappa shape index (κ2) is 8.47. The summed E-state index contributed by atoms with van der Waals surface area (Å²) in [6, 6.07) is 14.0. The Labute approximate surface area is 179 Å². The van der Waals surface area contributed by atoms with E-state index in [1.165, 1.54) is 17.8 Å². The van der Waals surface area contributed by atoms with Crippen molar-refractivity contribution in [1.29, 1.82) is 0 Å². The Morgan fingerprint density at radius 3 is 2.50 bits per heavy atom. The average Bonchev–Trinajstić information content (AvgIpc) is 3.11. The molecule has 0 spiro atoms. The molecule has 158 valence electrons. The van der Waals surface area contributed by atoms with Gasteiger partial charge in [0.1, 0.15) is 16.9 Å². The Hall–Kier alpha value is -2.87. The van der Waals surface area contributed by atoms with Crippen molar-refractivity contribution in [2.75, 3.05) is 12.9 Å². The van der Waals surface area contributed by atoms with Crippen LogP contribution in [0.5, 0.6) is 5.75 Å². The molecule has 0 amide bonds. The number of ether oxygens (including phenoxy) is 2. The molecule has 0 N–H and O–H groups in total. The standard InChI is InChI=1S/C22H24N2O5S/c1-21(2,3)29-20(25)13-19-23-22(14-30-19,15-8-10-18(28-4)11-9-15)16-6-5-7-17(12-16)24(26)27/h5-12H,13-14H2,1-4H3. The summed E-state index contributed by atoms with van der Waals surface area (Å²) < 4.78 is 10.7. The quantitative estimate of drug-likeness (QED) is 0.375. The minimum Gasteiger partial charge on any atom is -0.497 e. The number of nitro benzene ring substituents is 1. The van der Waals surface area contributed by atoms with Gasteiger partial charge in [-0.15, -0.1) is 11.8 Å². The Bertz CT molecular complexity index is 982. The van der Waals surface area contributed by atoms with Gasteiger partial charge in [-0.2, -0.15) is 0 Å². The number of rotatable bonds is 6. The number of nitrogens with zero attached hydrogens (tertiary/aromatic N) is 2. The highest BCUT2D eigenvalue weighted by Gasteiger charge is 2.40.